The van der Waals surface area contributed by atoms with Crippen LogP contribution in [0.25, 0.3) is 0 Å². The number of carbonyl (C=O) groups excluding carboxylic acids is 1. The molecule has 0 saturated heterocycles. The van der Waals surface area contributed by atoms with Crippen molar-refractivity contribution in [1.82, 2.24) is 15.3 Å². The molecule has 0 fully saturated rings. The van der Waals surface area contributed by atoms with Gasteiger partial charge in [-0.1, -0.05) is 23.2 Å². The topological polar surface area (TPSA) is 66.9 Å². The minimum Gasteiger partial charge on any atom is -0.348 e. The molecule has 110 valence electrons. The number of nitrogens with one attached hydrogen (secondary N) is 2. The summed E-state index contributed by atoms with van der Waals surface area (Å²) in [7, 11) is 0. The highest BCUT2D eigenvalue weighted by Crippen LogP contribution is 2.27. The summed E-state index contributed by atoms with van der Waals surface area (Å²) in [5.74, 6) is 0.230. The van der Waals surface area contributed by atoms with Crippen molar-refractivity contribution in [3.63, 3.8) is 0 Å². The SMILES string of the molecule is CC(C)NC(=O)c1cnc(Nc2ccc(Cl)cc2Cl)cn1. The van der Waals surface area contributed by atoms with Gasteiger partial charge < -0.3 is 10.6 Å². The Labute approximate surface area is 132 Å². The average molecular weight is 325 g/mol. The first kappa shape index (κ1) is 15.5. The third kappa shape index (κ3) is 4.31. The second kappa shape index (κ2) is 6.74. The number of hydrogen-bond acceptors (Lipinski definition) is 4. The summed E-state index contributed by atoms with van der Waals surface area (Å²) in [6, 6.07) is 5.13. The largest absolute Gasteiger partial charge is 0.348 e. The molecular formula is C14H14Cl2N4O. The molecule has 21 heavy (non-hydrogen) atoms. The van der Waals surface area contributed by atoms with E-state index in [1.165, 1.54) is 12.4 Å². The average Bonchev–Trinajstić information content (AvgIpc) is 2.42. The number of anilines is 2. The Hall–Kier alpha value is -1.85. The molecular weight excluding hydrogens is 311 g/mol. The molecule has 0 radical (unpaired) electrons. The molecule has 0 aliphatic carbocycles. The zero-order chi connectivity index (χ0) is 15.4. The first-order chi connectivity index (χ1) is 9.95. The lowest BCUT2D eigenvalue weighted by Crippen LogP contribution is -2.30. The maximum Gasteiger partial charge on any atom is 0.271 e. The van der Waals surface area contributed by atoms with Crippen LogP contribution in [0.4, 0.5) is 11.5 Å². The molecule has 1 heterocycles. The summed E-state index contributed by atoms with van der Waals surface area (Å²) in [6.07, 6.45) is 2.88. The van der Waals surface area contributed by atoms with E-state index in [0.717, 1.165) is 0 Å². The number of benzene rings is 1. The van der Waals surface area contributed by atoms with Gasteiger partial charge in [0.1, 0.15) is 11.5 Å². The molecule has 0 saturated carbocycles. The Balaban J connectivity index is 2.10. The lowest BCUT2D eigenvalue weighted by Gasteiger charge is -2.09. The lowest BCUT2D eigenvalue weighted by atomic mass is 10.3. The van der Waals surface area contributed by atoms with E-state index < -0.39 is 0 Å². The molecule has 0 aliphatic heterocycles. The second-order valence-corrected chi connectivity index (χ2v) is 5.51. The van der Waals surface area contributed by atoms with Gasteiger partial charge in [-0.2, -0.15) is 0 Å². The van der Waals surface area contributed by atoms with Gasteiger partial charge in [0.15, 0.2) is 0 Å². The van der Waals surface area contributed by atoms with E-state index >= 15 is 0 Å². The zero-order valence-corrected chi connectivity index (χ0v) is 13.0. The van der Waals surface area contributed by atoms with Crippen LogP contribution in [-0.2, 0) is 0 Å². The van der Waals surface area contributed by atoms with Crippen LogP contribution in [0.3, 0.4) is 0 Å². The standard InChI is InChI=1S/C14H14Cl2N4O/c1-8(2)19-14(21)12-6-18-13(7-17-12)20-11-4-3-9(15)5-10(11)16/h3-8H,1-2H3,(H,18,20)(H,19,21). The van der Waals surface area contributed by atoms with Crippen LogP contribution in [0.2, 0.25) is 10.0 Å². The highest BCUT2D eigenvalue weighted by molar-refractivity contribution is 6.36. The first-order valence-corrected chi connectivity index (χ1v) is 7.06. The Bertz CT molecular complexity index is 644. The van der Waals surface area contributed by atoms with E-state index in [1.54, 1.807) is 18.2 Å². The number of halogens is 2. The fourth-order valence-electron chi connectivity index (χ4n) is 1.57. The Morgan fingerprint density at radius 3 is 2.52 bits per heavy atom. The highest BCUT2D eigenvalue weighted by Gasteiger charge is 2.09. The van der Waals surface area contributed by atoms with Crippen LogP contribution >= 0.6 is 23.2 Å². The van der Waals surface area contributed by atoms with Crippen LogP contribution in [-0.4, -0.2) is 21.9 Å². The monoisotopic (exact) mass is 324 g/mol. The minimum absolute atomic E-state index is 0.0463. The molecule has 1 amide bonds. The van der Waals surface area contributed by atoms with E-state index in [-0.39, 0.29) is 17.6 Å². The number of amides is 1. The van der Waals surface area contributed by atoms with Gasteiger partial charge in [0.25, 0.3) is 5.91 Å². The smallest absolute Gasteiger partial charge is 0.271 e. The molecule has 0 unspecified atom stereocenters. The molecule has 0 spiro atoms. The lowest BCUT2D eigenvalue weighted by molar-refractivity contribution is 0.0937. The van der Waals surface area contributed by atoms with Gasteiger partial charge >= 0.3 is 0 Å². The molecule has 1 aromatic heterocycles. The quantitative estimate of drug-likeness (QED) is 0.900. The van der Waals surface area contributed by atoms with E-state index in [1.807, 2.05) is 13.8 Å². The molecule has 0 atom stereocenters. The van der Waals surface area contributed by atoms with Gasteiger partial charge in [-0.25, -0.2) is 9.97 Å². The van der Waals surface area contributed by atoms with Gasteiger partial charge in [0, 0.05) is 11.1 Å². The minimum atomic E-state index is -0.256. The van der Waals surface area contributed by atoms with Crippen LogP contribution in [0, 0.1) is 0 Å². The summed E-state index contributed by atoms with van der Waals surface area (Å²) in [5, 5.41) is 6.79. The van der Waals surface area contributed by atoms with Crippen LogP contribution < -0.4 is 10.6 Å². The molecule has 2 aromatic rings. The third-order valence-electron chi connectivity index (χ3n) is 2.50. The van der Waals surface area contributed by atoms with Gasteiger partial charge in [-0.15, -0.1) is 0 Å². The van der Waals surface area contributed by atoms with Crippen LogP contribution in [0.1, 0.15) is 24.3 Å². The van der Waals surface area contributed by atoms with Crippen molar-refractivity contribution in [1.29, 1.82) is 0 Å². The van der Waals surface area contributed by atoms with E-state index in [9.17, 15) is 4.79 Å². The number of carbonyl (C=O) groups is 1. The van der Waals surface area contributed by atoms with E-state index in [4.69, 9.17) is 23.2 Å². The van der Waals surface area contributed by atoms with Crippen molar-refractivity contribution in [3.05, 3.63) is 46.3 Å². The van der Waals surface area contributed by atoms with Gasteiger partial charge in [0.05, 0.1) is 23.1 Å². The van der Waals surface area contributed by atoms with Crippen molar-refractivity contribution in [3.8, 4) is 0 Å². The second-order valence-electron chi connectivity index (χ2n) is 4.66. The summed E-state index contributed by atoms with van der Waals surface area (Å²) in [5.41, 5.74) is 0.922. The molecule has 2 N–H and O–H groups in total. The summed E-state index contributed by atoms with van der Waals surface area (Å²) >= 11 is 11.9. The third-order valence-corrected chi connectivity index (χ3v) is 3.05. The zero-order valence-electron chi connectivity index (χ0n) is 11.5. The summed E-state index contributed by atoms with van der Waals surface area (Å²) in [6.45, 7) is 3.76. The predicted molar refractivity (Wildman–Crippen MR) is 84.4 cm³/mol. The number of nitrogens with zero attached hydrogens (tertiary/aromatic N) is 2. The summed E-state index contributed by atoms with van der Waals surface area (Å²) in [4.78, 5) is 20.0. The Morgan fingerprint density at radius 1 is 1.19 bits per heavy atom. The van der Waals surface area contributed by atoms with Crippen molar-refractivity contribution in [2.75, 3.05) is 5.32 Å². The van der Waals surface area contributed by atoms with Gasteiger partial charge in [-0.05, 0) is 32.0 Å². The Kier molecular flexibility index (Phi) is 4.98. The van der Waals surface area contributed by atoms with E-state index in [0.29, 0.717) is 21.6 Å². The first-order valence-electron chi connectivity index (χ1n) is 6.30. The number of hydrogen-bond donors (Lipinski definition) is 2. The van der Waals surface area contributed by atoms with Crippen molar-refractivity contribution in [2.45, 2.75) is 19.9 Å². The normalized spacial score (nSPS) is 10.5. The van der Waals surface area contributed by atoms with Crippen molar-refractivity contribution < 1.29 is 4.79 Å². The molecule has 5 nitrogen and oxygen atoms in total. The van der Waals surface area contributed by atoms with Gasteiger partial charge in [-0.3, -0.25) is 4.79 Å². The molecule has 0 aliphatic rings. The van der Waals surface area contributed by atoms with Crippen molar-refractivity contribution >= 4 is 40.6 Å². The van der Waals surface area contributed by atoms with Crippen molar-refractivity contribution in [2.24, 2.45) is 0 Å². The molecule has 2 rings (SSSR count). The highest BCUT2D eigenvalue weighted by atomic mass is 35.5. The Morgan fingerprint density at radius 2 is 1.95 bits per heavy atom. The fourth-order valence-corrected chi connectivity index (χ4v) is 2.03. The summed E-state index contributed by atoms with van der Waals surface area (Å²) < 4.78 is 0. The maximum atomic E-state index is 11.7. The van der Waals surface area contributed by atoms with Crippen LogP contribution in [0.15, 0.2) is 30.6 Å². The van der Waals surface area contributed by atoms with Gasteiger partial charge in [0.2, 0.25) is 0 Å². The molecule has 7 heteroatoms. The fraction of sp³-hybridized carbons (Fsp3) is 0.214. The molecule has 1 aromatic carbocycles. The van der Waals surface area contributed by atoms with E-state index in [2.05, 4.69) is 20.6 Å². The molecule has 0 bridgehead atoms. The van der Waals surface area contributed by atoms with Crippen LogP contribution in [0.5, 0.6) is 0 Å². The predicted octanol–water partition coefficient (Wildman–Crippen LogP) is 3.67. The maximum absolute atomic E-state index is 11.7. The number of rotatable bonds is 4. The number of aromatic nitrogens is 2.